The van der Waals surface area contributed by atoms with Crippen molar-refractivity contribution in [1.29, 1.82) is 0 Å². The highest BCUT2D eigenvalue weighted by Gasteiger charge is 2.09. The van der Waals surface area contributed by atoms with Gasteiger partial charge in [-0.1, -0.05) is 30.3 Å². The normalized spacial score (nSPS) is 11.0. The fraction of sp³-hybridized carbons (Fsp3) is 0.0526. The van der Waals surface area contributed by atoms with Crippen molar-refractivity contribution in [2.45, 2.75) is 6.92 Å². The molecule has 0 radical (unpaired) electrons. The number of hydrogen-bond acceptors (Lipinski definition) is 2. The Morgan fingerprint density at radius 2 is 1.87 bits per heavy atom. The van der Waals surface area contributed by atoms with Crippen LogP contribution in [0.15, 0.2) is 67.0 Å². The average molecular weight is 303 g/mol. The molecule has 0 spiro atoms. The lowest BCUT2D eigenvalue weighted by Crippen LogP contribution is -1.98. The fourth-order valence-corrected chi connectivity index (χ4v) is 2.61. The number of benzene rings is 2. The van der Waals surface area contributed by atoms with Crippen LogP contribution in [0.2, 0.25) is 0 Å². The zero-order valence-corrected chi connectivity index (χ0v) is 12.6. The molecule has 0 fully saturated rings. The minimum Gasteiger partial charge on any atom is -0.248 e. The molecule has 0 aliphatic carbocycles. The molecule has 0 N–H and O–H groups in total. The monoisotopic (exact) mass is 303 g/mol. The lowest BCUT2D eigenvalue weighted by molar-refractivity contribution is 0.609. The van der Waals surface area contributed by atoms with Gasteiger partial charge < -0.3 is 0 Å². The van der Waals surface area contributed by atoms with E-state index in [1.54, 1.807) is 23.1 Å². The number of fused-ring (bicyclic) bond motifs is 1. The van der Waals surface area contributed by atoms with Gasteiger partial charge in [0.25, 0.3) is 0 Å². The van der Waals surface area contributed by atoms with Gasteiger partial charge in [0.05, 0.1) is 17.4 Å². The minimum atomic E-state index is -0.286. The van der Waals surface area contributed by atoms with Crippen LogP contribution in [0.25, 0.3) is 27.8 Å². The maximum atomic E-state index is 14.1. The molecular formula is C19H14FN3. The van der Waals surface area contributed by atoms with Gasteiger partial charge in [-0.05, 0) is 36.8 Å². The van der Waals surface area contributed by atoms with Crippen LogP contribution in [0.5, 0.6) is 0 Å². The molecule has 4 rings (SSSR count). The molecule has 2 aromatic carbocycles. The quantitative estimate of drug-likeness (QED) is 0.544. The predicted octanol–water partition coefficient (Wildman–Crippen LogP) is 4.54. The molecule has 23 heavy (non-hydrogen) atoms. The summed E-state index contributed by atoms with van der Waals surface area (Å²) < 4.78 is 15.6. The maximum Gasteiger partial charge on any atom is 0.149 e. The van der Waals surface area contributed by atoms with Crippen molar-refractivity contribution in [3.05, 3.63) is 78.4 Å². The van der Waals surface area contributed by atoms with Crippen molar-refractivity contribution >= 4 is 10.9 Å². The standard InChI is InChI=1S/C19H14FN3/c1-13-6-9-19(16(20)10-13)23-12-15(11-21-23)18-8-7-14-4-2-3-5-17(14)22-18/h2-12H,1H3. The van der Waals surface area contributed by atoms with E-state index >= 15 is 0 Å². The second kappa shape index (κ2) is 5.32. The summed E-state index contributed by atoms with van der Waals surface area (Å²) >= 11 is 0. The Morgan fingerprint density at radius 1 is 1.00 bits per heavy atom. The second-order valence-corrected chi connectivity index (χ2v) is 5.52. The van der Waals surface area contributed by atoms with Gasteiger partial charge in [-0.2, -0.15) is 5.10 Å². The first-order chi connectivity index (χ1) is 11.2. The van der Waals surface area contributed by atoms with Crippen molar-refractivity contribution in [2.24, 2.45) is 0 Å². The number of hydrogen-bond donors (Lipinski definition) is 0. The van der Waals surface area contributed by atoms with Crippen molar-refractivity contribution in [3.8, 4) is 16.9 Å². The number of nitrogens with zero attached hydrogens (tertiary/aromatic N) is 3. The van der Waals surface area contributed by atoms with E-state index in [-0.39, 0.29) is 5.82 Å². The van der Waals surface area contributed by atoms with Gasteiger partial charge in [0.1, 0.15) is 11.5 Å². The number of halogens is 1. The number of aromatic nitrogens is 3. The highest BCUT2D eigenvalue weighted by atomic mass is 19.1. The Morgan fingerprint density at radius 3 is 2.74 bits per heavy atom. The van der Waals surface area contributed by atoms with Gasteiger partial charge in [-0.15, -0.1) is 0 Å². The Labute approximate surface area is 133 Å². The summed E-state index contributed by atoms with van der Waals surface area (Å²) in [4.78, 5) is 4.64. The van der Waals surface area contributed by atoms with E-state index in [0.29, 0.717) is 5.69 Å². The molecular weight excluding hydrogens is 289 g/mol. The van der Waals surface area contributed by atoms with Gasteiger partial charge in [0.2, 0.25) is 0 Å². The smallest absolute Gasteiger partial charge is 0.149 e. The van der Waals surface area contributed by atoms with Gasteiger partial charge in [-0.25, -0.2) is 14.1 Å². The Hall–Kier alpha value is -3.01. The lowest BCUT2D eigenvalue weighted by Gasteiger charge is -2.04. The first-order valence-corrected chi connectivity index (χ1v) is 7.38. The molecule has 0 saturated carbocycles. The van der Waals surface area contributed by atoms with Gasteiger partial charge >= 0.3 is 0 Å². The highest BCUT2D eigenvalue weighted by Crippen LogP contribution is 2.22. The Bertz CT molecular complexity index is 1000. The van der Waals surface area contributed by atoms with E-state index in [1.165, 1.54) is 6.07 Å². The number of pyridine rings is 1. The molecule has 4 heteroatoms. The third-order valence-corrected chi connectivity index (χ3v) is 3.83. The number of para-hydroxylation sites is 1. The zero-order chi connectivity index (χ0) is 15.8. The van der Waals surface area contributed by atoms with Crippen LogP contribution in [-0.2, 0) is 0 Å². The molecule has 4 aromatic rings. The van der Waals surface area contributed by atoms with Crippen LogP contribution in [0.3, 0.4) is 0 Å². The third-order valence-electron chi connectivity index (χ3n) is 3.83. The first kappa shape index (κ1) is 13.6. The summed E-state index contributed by atoms with van der Waals surface area (Å²) in [5.74, 6) is -0.286. The zero-order valence-electron chi connectivity index (χ0n) is 12.6. The van der Waals surface area contributed by atoms with E-state index in [4.69, 9.17) is 0 Å². The molecule has 0 atom stereocenters. The topological polar surface area (TPSA) is 30.7 Å². The van der Waals surface area contributed by atoms with Crippen molar-refractivity contribution in [3.63, 3.8) is 0 Å². The summed E-state index contributed by atoms with van der Waals surface area (Å²) in [5, 5.41) is 5.36. The molecule has 0 bridgehead atoms. The molecule has 0 saturated heterocycles. The summed E-state index contributed by atoms with van der Waals surface area (Å²) in [7, 11) is 0. The largest absolute Gasteiger partial charge is 0.248 e. The van der Waals surface area contributed by atoms with E-state index in [1.807, 2.05) is 49.4 Å². The molecule has 2 heterocycles. The summed E-state index contributed by atoms with van der Waals surface area (Å²) in [6.07, 6.45) is 3.50. The van der Waals surface area contributed by atoms with E-state index in [9.17, 15) is 4.39 Å². The number of rotatable bonds is 2. The van der Waals surface area contributed by atoms with Crippen LogP contribution in [0.1, 0.15) is 5.56 Å². The SMILES string of the molecule is Cc1ccc(-n2cc(-c3ccc4ccccc4n3)cn2)c(F)c1. The predicted molar refractivity (Wildman–Crippen MR) is 89.0 cm³/mol. The average Bonchev–Trinajstić information content (AvgIpc) is 3.04. The van der Waals surface area contributed by atoms with Crippen LogP contribution >= 0.6 is 0 Å². The van der Waals surface area contributed by atoms with E-state index in [0.717, 1.165) is 27.7 Å². The summed E-state index contributed by atoms with van der Waals surface area (Å²) in [5.41, 5.74) is 3.93. The molecule has 0 amide bonds. The van der Waals surface area contributed by atoms with Gasteiger partial charge in [0, 0.05) is 17.1 Å². The van der Waals surface area contributed by atoms with Gasteiger partial charge in [0.15, 0.2) is 0 Å². The molecule has 0 unspecified atom stereocenters. The fourth-order valence-electron chi connectivity index (χ4n) is 2.61. The van der Waals surface area contributed by atoms with Crippen molar-refractivity contribution in [2.75, 3.05) is 0 Å². The first-order valence-electron chi connectivity index (χ1n) is 7.38. The van der Waals surface area contributed by atoms with Crippen LogP contribution in [-0.4, -0.2) is 14.8 Å². The van der Waals surface area contributed by atoms with Crippen molar-refractivity contribution in [1.82, 2.24) is 14.8 Å². The van der Waals surface area contributed by atoms with Crippen LogP contribution < -0.4 is 0 Å². The van der Waals surface area contributed by atoms with Crippen LogP contribution in [0, 0.1) is 12.7 Å². The Balaban J connectivity index is 1.77. The summed E-state index contributed by atoms with van der Waals surface area (Å²) in [6.45, 7) is 1.86. The lowest BCUT2D eigenvalue weighted by atomic mass is 10.1. The van der Waals surface area contributed by atoms with E-state index in [2.05, 4.69) is 10.1 Å². The van der Waals surface area contributed by atoms with E-state index < -0.39 is 0 Å². The maximum absolute atomic E-state index is 14.1. The number of aryl methyl sites for hydroxylation is 1. The third kappa shape index (κ3) is 2.48. The van der Waals surface area contributed by atoms with Gasteiger partial charge in [-0.3, -0.25) is 0 Å². The summed E-state index contributed by atoms with van der Waals surface area (Å²) in [6, 6.07) is 17.0. The highest BCUT2D eigenvalue weighted by molar-refractivity contribution is 5.81. The Kier molecular flexibility index (Phi) is 3.15. The molecule has 2 aromatic heterocycles. The molecule has 112 valence electrons. The van der Waals surface area contributed by atoms with Crippen molar-refractivity contribution < 1.29 is 4.39 Å². The molecule has 0 aliphatic rings. The molecule has 3 nitrogen and oxygen atoms in total. The minimum absolute atomic E-state index is 0.286. The van der Waals surface area contributed by atoms with Crippen LogP contribution in [0.4, 0.5) is 4.39 Å². The second-order valence-electron chi connectivity index (χ2n) is 5.52. The molecule has 0 aliphatic heterocycles.